The number of halogens is 2. The van der Waals surface area contributed by atoms with E-state index < -0.39 is 18.3 Å². The lowest BCUT2D eigenvalue weighted by molar-refractivity contribution is -0.123. The van der Waals surface area contributed by atoms with Gasteiger partial charge in [0.1, 0.15) is 11.9 Å². The molecule has 0 heterocycles. The Kier molecular flexibility index (Phi) is 9.41. The predicted molar refractivity (Wildman–Crippen MR) is 114 cm³/mol. The number of amides is 1. The fraction of sp³-hybridized carbons (Fsp3) is 0.435. The smallest absolute Gasteiger partial charge is 0.261 e. The van der Waals surface area contributed by atoms with Gasteiger partial charge in [0.15, 0.2) is 0 Å². The Morgan fingerprint density at radius 2 is 1.55 bits per heavy atom. The lowest BCUT2D eigenvalue weighted by Crippen LogP contribution is -2.32. The summed E-state index contributed by atoms with van der Waals surface area (Å²) < 4.78 is 28.0. The third kappa shape index (κ3) is 8.10. The highest BCUT2D eigenvalue weighted by Crippen LogP contribution is 2.19. The van der Waals surface area contributed by atoms with Gasteiger partial charge in [0.25, 0.3) is 5.91 Å². The lowest BCUT2D eigenvalue weighted by atomic mass is 10.1. The van der Waals surface area contributed by atoms with Crippen molar-refractivity contribution < 1.29 is 18.7 Å². The zero-order valence-corrected chi connectivity index (χ0v) is 16.8. The van der Waals surface area contributed by atoms with E-state index in [9.17, 15) is 18.7 Å². The number of carbonyl (C=O) groups excluding carboxylic acids is 1. The largest absolute Gasteiger partial charge is 0.508 e. The summed E-state index contributed by atoms with van der Waals surface area (Å²) in [6.07, 6.45) is 0.792. The number of phenols is 1. The van der Waals surface area contributed by atoms with Gasteiger partial charge >= 0.3 is 0 Å². The Morgan fingerprint density at radius 3 is 2.21 bits per heavy atom. The molecule has 2 rings (SSSR count). The first-order valence-corrected chi connectivity index (χ1v) is 10.2. The average Bonchev–Trinajstić information content (AvgIpc) is 2.73. The molecule has 0 aromatic heterocycles. The maximum atomic E-state index is 14.0. The molecule has 2 aromatic rings. The zero-order chi connectivity index (χ0) is 21.1. The van der Waals surface area contributed by atoms with E-state index in [-0.39, 0.29) is 12.2 Å². The topological polar surface area (TPSA) is 61.4 Å². The molecule has 3 N–H and O–H groups in total. The number of nitrogens with one attached hydrogen (secondary N) is 2. The normalized spacial score (nSPS) is 12.9. The minimum atomic E-state index is -2.16. The molecule has 0 aliphatic rings. The first-order valence-electron chi connectivity index (χ1n) is 10.2. The van der Waals surface area contributed by atoms with Crippen LogP contribution in [0.25, 0.3) is 0 Å². The number of benzene rings is 2. The van der Waals surface area contributed by atoms with Gasteiger partial charge in [0.05, 0.1) is 0 Å². The quantitative estimate of drug-likeness (QED) is 0.381. The van der Waals surface area contributed by atoms with E-state index in [0.29, 0.717) is 18.7 Å². The minimum Gasteiger partial charge on any atom is -0.508 e. The van der Waals surface area contributed by atoms with E-state index in [1.807, 2.05) is 12.1 Å². The van der Waals surface area contributed by atoms with Crippen molar-refractivity contribution in [3.05, 3.63) is 54.1 Å². The molecule has 1 amide bonds. The van der Waals surface area contributed by atoms with E-state index in [1.165, 1.54) is 0 Å². The SMILES string of the molecule is CCCCCCC[C@H](F)[C@@H](F)C(=O)Nc1ccc(NCc2ccc(O)cc2)cc1. The Labute approximate surface area is 171 Å². The molecule has 2 aromatic carbocycles. The maximum Gasteiger partial charge on any atom is 0.261 e. The fourth-order valence-corrected chi connectivity index (χ4v) is 2.95. The molecule has 6 heteroatoms. The number of unbranched alkanes of at least 4 members (excludes halogenated alkanes) is 4. The number of alkyl halides is 2. The fourth-order valence-electron chi connectivity index (χ4n) is 2.95. The maximum absolute atomic E-state index is 14.0. The van der Waals surface area contributed by atoms with Crippen LogP contribution < -0.4 is 10.6 Å². The predicted octanol–water partition coefficient (Wildman–Crippen LogP) is 5.98. The second-order valence-corrected chi connectivity index (χ2v) is 7.21. The molecule has 158 valence electrons. The standard InChI is InChI=1S/C23H30F2N2O2/c1-2-3-4-5-6-7-21(24)22(25)23(29)27-19-12-10-18(11-13-19)26-16-17-8-14-20(28)15-9-17/h8-15,21-22,26,28H,2-7,16H2,1H3,(H,27,29)/t21-,22+/m0/s1. The molecule has 0 unspecified atom stereocenters. The van der Waals surface area contributed by atoms with Crippen LogP contribution in [0.2, 0.25) is 0 Å². The lowest BCUT2D eigenvalue weighted by Gasteiger charge is -2.14. The van der Waals surface area contributed by atoms with E-state index in [0.717, 1.165) is 36.9 Å². The van der Waals surface area contributed by atoms with Gasteiger partial charge in [0, 0.05) is 17.9 Å². The van der Waals surface area contributed by atoms with Gasteiger partial charge in [-0.15, -0.1) is 0 Å². The molecule has 0 saturated heterocycles. The van der Waals surface area contributed by atoms with Crippen LogP contribution in [0.1, 0.15) is 51.0 Å². The molecule has 0 fully saturated rings. The van der Waals surface area contributed by atoms with Crippen LogP contribution in [0, 0.1) is 0 Å². The first-order chi connectivity index (χ1) is 14.0. The van der Waals surface area contributed by atoms with Gasteiger partial charge in [0.2, 0.25) is 6.17 Å². The Hall–Kier alpha value is -2.63. The van der Waals surface area contributed by atoms with E-state index in [4.69, 9.17) is 0 Å². The number of phenolic OH excluding ortho intramolecular Hbond substituents is 1. The molecule has 0 aliphatic heterocycles. The minimum absolute atomic E-state index is 0.0679. The molecule has 2 atom stereocenters. The number of carbonyl (C=O) groups is 1. The Morgan fingerprint density at radius 1 is 0.931 bits per heavy atom. The van der Waals surface area contributed by atoms with E-state index in [1.54, 1.807) is 36.4 Å². The highest BCUT2D eigenvalue weighted by atomic mass is 19.2. The van der Waals surface area contributed by atoms with Crippen molar-refractivity contribution >= 4 is 17.3 Å². The van der Waals surface area contributed by atoms with Gasteiger partial charge < -0.3 is 15.7 Å². The summed E-state index contributed by atoms with van der Waals surface area (Å²) >= 11 is 0. The van der Waals surface area contributed by atoms with Gasteiger partial charge in [-0.25, -0.2) is 8.78 Å². The van der Waals surface area contributed by atoms with Crippen molar-refractivity contribution in [3.8, 4) is 5.75 Å². The van der Waals surface area contributed by atoms with E-state index >= 15 is 0 Å². The average molecular weight is 405 g/mol. The molecular formula is C23H30F2N2O2. The second-order valence-electron chi connectivity index (χ2n) is 7.21. The number of hydrogen-bond acceptors (Lipinski definition) is 3. The summed E-state index contributed by atoms with van der Waals surface area (Å²) in [5, 5.41) is 14.9. The summed E-state index contributed by atoms with van der Waals surface area (Å²) in [4.78, 5) is 12.0. The molecule has 4 nitrogen and oxygen atoms in total. The van der Waals surface area contributed by atoms with Gasteiger partial charge in [-0.05, 0) is 48.4 Å². The van der Waals surface area contributed by atoms with Crippen molar-refractivity contribution in [2.24, 2.45) is 0 Å². The van der Waals surface area contributed by atoms with Gasteiger partial charge in [-0.3, -0.25) is 4.79 Å². The van der Waals surface area contributed by atoms with Crippen LogP contribution in [-0.2, 0) is 11.3 Å². The van der Waals surface area contributed by atoms with Crippen molar-refractivity contribution in [1.29, 1.82) is 0 Å². The van der Waals surface area contributed by atoms with Gasteiger partial charge in [-0.2, -0.15) is 0 Å². The van der Waals surface area contributed by atoms with Crippen molar-refractivity contribution in [3.63, 3.8) is 0 Å². The van der Waals surface area contributed by atoms with Crippen LogP contribution in [0.5, 0.6) is 5.75 Å². The number of rotatable bonds is 12. The summed E-state index contributed by atoms with van der Waals surface area (Å²) in [5.41, 5.74) is 2.25. The molecule has 29 heavy (non-hydrogen) atoms. The zero-order valence-electron chi connectivity index (χ0n) is 16.8. The van der Waals surface area contributed by atoms with Crippen LogP contribution >= 0.6 is 0 Å². The number of hydrogen-bond donors (Lipinski definition) is 3. The first kappa shape index (κ1) is 22.7. The molecule has 0 bridgehead atoms. The van der Waals surface area contributed by atoms with Crippen LogP contribution in [-0.4, -0.2) is 23.4 Å². The summed E-state index contributed by atoms with van der Waals surface area (Å²) in [5.74, 6) is -0.733. The second kappa shape index (κ2) is 12.0. The number of aromatic hydroxyl groups is 1. The highest BCUT2D eigenvalue weighted by molar-refractivity contribution is 5.94. The summed E-state index contributed by atoms with van der Waals surface area (Å²) in [6.45, 7) is 2.67. The van der Waals surface area contributed by atoms with Crippen LogP contribution in [0.4, 0.5) is 20.2 Å². The van der Waals surface area contributed by atoms with Crippen molar-refractivity contribution in [2.45, 2.75) is 64.3 Å². The summed E-state index contributed by atoms with van der Waals surface area (Å²) in [7, 11) is 0. The van der Waals surface area contributed by atoms with Crippen LogP contribution in [0.15, 0.2) is 48.5 Å². The molecule has 0 saturated carbocycles. The number of anilines is 2. The van der Waals surface area contributed by atoms with E-state index in [2.05, 4.69) is 17.6 Å². The third-order valence-corrected chi connectivity index (χ3v) is 4.74. The highest BCUT2D eigenvalue weighted by Gasteiger charge is 2.27. The monoisotopic (exact) mass is 404 g/mol. The van der Waals surface area contributed by atoms with Crippen molar-refractivity contribution in [2.75, 3.05) is 10.6 Å². The van der Waals surface area contributed by atoms with Gasteiger partial charge in [-0.1, -0.05) is 51.2 Å². The Balaban J connectivity index is 1.75. The molecular weight excluding hydrogens is 374 g/mol. The molecule has 0 spiro atoms. The summed E-state index contributed by atoms with van der Waals surface area (Å²) in [6, 6.07) is 13.7. The molecule has 0 aliphatic carbocycles. The van der Waals surface area contributed by atoms with Crippen molar-refractivity contribution in [1.82, 2.24) is 0 Å². The van der Waals surface area contributed by atoms with Crippen LogP contribution in [0.3, 0.4) is 0 Å². The molecule has 0 radical (unpaired) electrons. The Bertz CT molecular complexity index is 736. The third-order valence-electron chi connectivity index (χ3n) is 4.74.